The molecule has 2 fully saturated rings. The third kappa shape index (κ3) is 24.5. The minimum Gasteiger partial charge on any atom is -0.481 e. The van der Waals surface area contributed by atoms with Crippen LogP contribution in [0, 0.1) is 0 Å². The first-order valence-electron chi connectivity index (χ1n) is 24.2. The highest BCUT2D eigenvalue weighted by Gasteiger charge is 2.46. The Morgan fingerprint density at radius 2 is 1.05 bits per heavy atom. The highest BCUT2D eigenvalue weighted by Crippen LogP contribution is 2.23. The monoisotopic (exact) mass is 937 g/mol. The molecular weight excluding hydrogens is 855 g/mol. The van der Waals surface area contributed by atoms with Crippen molar-refractivity contribution in [2.45, 2.75) is 191 Å². The second-order valence-electron chi connectivity index (χ2n) is 17.0. The molecule has 0 aliphatic carbocycles. The molecule has 21 nitrogen and oxygen atoms in total. The summed E-state index contributed by atoms with van der Waals surface area (Å²) in [6.45, 7) is 1.42. The van der Waals surface area contributed by atoms with Gasteiger partial charge in [-0.1, -0.05) is 90.4 Å². The number of carbonyl (C=O) groups is 5. The smallest absolute Gasteiger partial charge is 0.303 e. The summed E-state index contributed by atoms with van der Waals surface area (Å²) in [5.41, 5.74) is 0. The van der Waals surface area contributed by atoms with Crippen LogP contribution in [0.4, 0.5) is 0 Å². The van der Waals surface area contributed by atoms with Crippen LogP contribution >= 0.6 is 0 Å². The van der Waals surface area contributed by atoms with E-state index in [9.17, 15) is 54.6 Å². The van der Waals surface area contributed by atoms with Gasteiger partial charge in [0.1, 0.15) is 42.7 Å². The lowest BCUT2D eigenvalue weighted by atomic mass is 9.96. The molecule has 0 radical (unpaired) electrons. The van der Waals surface area contributed by atoms with E-state index in [0.717, 1.165) is 25.7 Å². The third-order valence-electron chi connectivity index (χ3n) is 11.3. The summed E-state index contributed by atoms with van der Waals surface area (Å²) in [5, 5.41) is 78.5. The zero-order chi connectivity index (χ0) is 48.9. The number of carbonyl (C=O) groups excluding carboxylic acids is 4. The molecule has 2 aliphatic heterocycles. The van der Waals surface area contributed by atoms with Crippen molar-refractivity contribution in [3.63, 3.8) is 0 Å². The van der Waals surface area contributed by atoms with Gasteiger partial charge in [0.15, 0.2) is 14.0 Å². The third-order valence-corrected chi connectivity index (χ3v) is 11.3. The largest absolute Gasteiger partial charge is 0.481 e. The molecule has 11 N–H and O–H groups in total. The van der Waals surface area contributed by atoms with Gasteiger partial charge in [0.25, 0.3) is 0 Å². The number of unbranched alkanes of at least 4 members (excludes halogenated alkanes) is 14. The molecule has 0 bridgehead atoms. The quantitative estimate of drug-likeness (QED) is 0.0355. The number of ether oxygens (including phenoxy) is 4. The fraction of sp³-hybridized carbons (Fsp3) is 0.886. The topological polar surface area (TPSA) is 315 Å². The first-order chi connectivity index (χ1) is 31.6. The summed E-state index contributed by atoms with van der Waals surface area (Å²) < 4.78 is 30.8. The van der Waals surface area contributed by atoms with Gasteiger partial charge in [-0.3, -0.25) is 28.9 Å². The SMILES string of the molecule is [2H]N(C(=O)CCCCCCCCCCCCCCC)[C@H]1C(OCCNC(=O)CN(CC(=O)NCCCCCC(=O)O)CC(=O)NCCO[C@@H]2O[C@@H](C)[C@@H](O)[C@@H](O)[C@@H]2O)O[C@H](CO)[C@@H](O)[C@@H]1O. The summed E-state index contributed by atoms with van der Waals surface area (Å²) in [7, 11) is 0. The molecule has 2 saturated heterocycles. The lowest BCUT2D eigenvalue weighted by molar-refractivity contribution is -0.292. The maximum absolute atomic E-state index is 13.1. The van der Waals surface area contributed by atoms with Crippen LogP contribution in [0.3, 0.4) is 0 Å². The van der Waals surface area contributed by atoms with Gasteiger partial charge in [0.05, 0.1) is 45.6 Å². The van der Waals surface area contributed by atoms with Crippen LogP contribution < -0.4 is 21.3 Å². The predicted octanol–water partition coefficient (Wildman–Crippen LogP) is -0.452. The second kappa shape index (κ2) is 34.2. The summed E-state index contributed by atoms with van der Waals surface area (Å²) in [6.07, 6.45) is 3.72. The number of rotatable bonds is 36. The van der Waals surface area contributed by atoms with E-state index in [2.05, 4.69) is 22.9 Å². The Morgan fingerprint density at radius 1 is 0.569 bits per heavy atom. The fourth-order valence-corrected chi connectivity index (χ4v) is 7.50. The zero-order valence-electron chi connectivity index (χ0n) is 39.6. The van der Waals surface area contributed by atoms with Crippen molar-refractivity contribution >= 4 is 29.6 Å². The van der Waals surface area contributed by atoms with E-state index in [1.165, 1.54) is 63.2 Å². The summed E-state index contributed by atoms with van der Waals surface area (Å²) in [4.78, 5) is 63.9. The summed E-state index contributed by atoms with van der Waals surface area (Å²) >= 11 is 0. The van der Waals surface area contributed by atoms with Crippen molar-refractivity contribution < 1.29 is 80.1 Å². The lowest BCUT2D eigenvalue weighted by Gasteiger charge is -2.42. The highest BCUT2D eigenvalue weighted by atomic mass is 16.7. The van der Waals surface area contributed by atoms with E-state index in [1.54, 1.807) is 0 Å². The van der Waals surface area contributed by atoms with Crippen molar-refractivity contribution in [3.8, 4) is 0 Å². The van der Waals surface area contributed by atoms with Gasteiger partial charge in [-0.05, 0) is 26.2 Å². The zero-order valence-corrected chi connectivity index (χ0v) is 38.6. The molecule has 4 amide bonds. The Hall–Kier alpha value is -3.09. The molecule has 10 atom stereocenters. The molecular formula is C44H81N5O16. The van der Waals surface area contributed by atoms with Gasteiger partial charge < -0.3 is 76.0 Å². The van der Waals surface area contributed by atoms with E-state index in [1.807, 2.05) is 0 Å². The molecule has 0 spiro atoms. The van der Waals surface area contributed by atoms with Gasteiger partial charge in [0.2, 0.25) is 23.6 Å². The van der Waals surface area contributed by atoms with E-state index in [-0.39, 0.29) is 52.2 Å². The van der Waals surface area contributed by atoms with E-state index >= 15 is 0 Å². The fourth-order valence-electron chi connectivity index (χ4n) is 7.50. The molecule has 2 rings (SSSR count). The Balaban J connectivity index is 1.88. The van der Waals surface area contributed by atoms with Crippen molar-refractivity contribution in [1.29, 1.82) is 0 Å². The van der Waals surface area contributed by atoms with Gasteiger partial charge >= 0.3 is 5.97 Å². The number of aliphatic hydroxyl groups excluding tert-OH is 6. The van der Waals surface area contributed by atoms with Crippen molar-refractivity contribution in [2.24, 2.45) is 0 Å². The van der Waals surface area contributed by atoms with E-state index in [4.69, 9.17) is 25.5 Å². The van der Waals surface area contributed by atoms with E-state index in [0.29, 0.717) is 31.0 Å². The van der Waals surface area contributed by atoms with Crippen LogP contribution in [0.2, 0.25) is 1.41 Å². The average Bonchev–Trinajstić information content (AvgIpc) is 3.28. The standard InChI is InChI=1S/C44H81N5O16/c1-3-4-5-6-7-8-9-10-11-12-13-14-16-19-32(51)48-37-40(59)39(58)31(29-50)65-43(37)62-24-22-46-34(53)27-49(26-33(52)45-21-18-15-17-20-36(55)56)28-35(54)47-23-25-63-44-42(61)41(60)38(57)30(2)64-44/h30-31,37-44,50,57-61H,3-29H2,1-2H3,(H,45,52)(H,46,53)(H,47,54)(H,48,51)(H,55,56)/t30-,31+,37+,38+,39+,40+,41+,42-,43?,44+/m0/s1/i/hD. The van der Waals surface area contributed by atoms with Crippen LogP contribution in [-0.4, -0.2) is 191 Å². The average molecular weight is 937 g/mol. The van der Waals surface area contributed by atoms with Crippen molar-refractivity contribution in [1.82, 2.24) is 26.2 Å². The number of nitrogens with zero attached hydrogens (tertiary/aromatic N) is 1. The molecule has 21 heteroatoms. The minimum atomic E-state index is -1.69. The molecule has 0 aromatic rings. The lowest BCUT2D eigenvalue weighted by Crippen LogP contribution is -2.64. The normalized spacial score (nSPS) is 25.8. The molecule has 0 saturated carbocycles. The highest BCUT2D eigenvalue weighted by molar-refractivity contribution is 5.84. The van der Waals surface area contributed by atoms with Crippen LogP contribution in [0.15, 0.2) is 0 Å². The van der Waals surface area contributed by atoms with Crippen molar-refractivity contribution in [2.75, 3.05) is 59.1 Å². The maximum atomic E-state index is 13.1. The first kappa shape index (κ1) is 56.2. The molecule has 0 aromatic carbocycles. The molecule has 0 aromatic heterocycles. The maximum Gasteiger partial charge on any atom is 0.303 e. The van der Waals surface area contributed by atoms with E-state index < -0.39 is 111 Å². The molecule has 2 heterocycles. The summed E-state index contributed by atoms with van der Waals surface area (Å²) in [5.74, 6) is -3.22. The first-order valence-corrected chi connectivity index (χ1v) is 23.7. The van der Waals surface area contributed by atoms with Gasteiger partial charge in [-0.2, -0.15) is 0 Å². The number of hydrogen-bond acceptors (Lipinski definition) is 16. The molecule has 1 unspecified atom stereocenters. The molecule has 65 heavy (non-hydrogen) atoms. The van der Waals surface area contributed by atoms with Crippen molar-refractivity contribution in [3.05, 3.63) is 0 Å². The Labute approximate surface area is 385 Å². The number of aliphatic hydroxyl groups is 6. The number of hydrogen-bond donors (Lipinski definition) is 11. The second-order valence-corrected chi connectivity index (χ2v) is 17.0. The number of carboxylic acid groups (broad SMARTS) is 1. The minimum absolute atomic E-state index is 0.00488. The Bertz CT molecular complexity index is 1390. The number of aliphatic carboxylic acids is 1. The Kier molecular flexibility index (Phi) is 29.6. The molecule has 378 valence electrons. The van der Waals surface area contributed by atoms with Crippen LogP contribution in [0.1, 0.15) is 129 Å². The Morgan fingerprint density at radius 3 is 1.57 bits per heavy atom. The predicted molar refractivity (Wildman–Crippen MR) is 236 cm³/mol. The van der Waals surface area contributed by atoms with Crippen LogP contribution in [-0.2, 0) is 42.9 Å². The van der Waals surface area contributed by atoms with Gasteiger partial charge in [-0.25, -0.2) is 0 Å². The number of amides is 4. The van der Waals surface area contributed by atoms with Gasteiger partial charge in [-0.15, -0.1) is 0 Å². The summed E-state index contributed by atoms with van der Waals surface area (Å²) in [6, 6.07) is -1.45. The molecule has 2 aliphatic rings. The van der Waals surface area contributed by atoms with Crippen LogP contribution in [0.5, 0.6) is 0 Å². The number of nitrogens with one attached hydrogen (secondary N) is 4. The van der Waals surface area contributed by atoms with Gasteiger partial charge in [0, 0.05) is 32.5 Å². The number of carboxylic acids is 1. The van der Waals surface area contributed by atoms with Crippen LogP contribution in [0.25, 0.3) is 0 Å².